The van der Waals surface area contributed by atoms with Crippen LogP contribution in [0.3, 0.4) is 0 Å². The Morgan fingerprint density at radius 3 is 2.45 bits per heavy atom. The number of ether oxygens (including phenoxy) is 1. The van der Waals surface area contributed by atoms with Crippen LogP contribution >= 0.6 is 0 Å². The molecule has 3 aromatic carbocycles. The van der Waals surface area contributed by atoms with Gasteiger partial charge in [0.25, 0.3) is 0 Å². The van der Waals surface area contributed by atoms with Gasteiger partial charge < -0.3 is 10.1 Å². The van der Waals surface area contributed by atoms with E-state index in [-0.39, 0.29) is 11.8 Å². The molecule has 0 bridgehead atoms. The van der Waals surface area contributed by atoms with Crippen molar-refractivity contribution in [3.8, 4) is 0 Å². The lowest BCUT2D eigenvalue weighted by molar-refractivity contribution is -0.121. The molecule has 1 saturated heterocycles. The Labute approximate surface area is 183 Å². The summed E-state index contributed by atoms with van der Waals surface area (Å²) in [5.74, 6) is 0.335. The predicted molar refractivity (Wildman–Crippen MR) is 123 cm³/mol. The first-order chi connectivity index (χ1) is 15.2. The highest BCUT2D eigenvalue weighted by Crippen LogP contribution is 2.50. The van der Waals surface area contributed by atoms with E-state index in [1.165, 1.54) is 11.1 Å². The highest BCUT2D eigenvalue weighted by molar-refractivity contribution is 6.09. The zero-order chi connectivity index (χ0) is 21.3. The predicted octanol–water partition coefficient (Wildman–Crippen LogP) is 4.59. The molecular formula is C27H28N2O2. The fourth-order valence-electron chi connectivity index (χ4n) is 5.40. The SMILES string of the molecule is COCc1ccc(CN2CC[C@@H](C3(c4ccccc4)C(=O)Nc4ccccc43)C2)cc1. The molecule has 3 aromatic rings. The topological polar surface area (TPSA) is 41.6 Å². The van der Waals surface area contributed by atoms with E-state index in [4.69, 9.17) is 4.74 Å². The fraction of sp³-hybridized carbons (Fsp3) is 0.296. The van der Waals surface area contributed by atoms with Gasteiger partial charge in [0.1, 0.15) is 5.41 Å². The van der Waals surface area contributed by atoms with Gasteiger partial charge in [-0.05, 0) is 47.2 Å². The van der Waals surface area contributed by atoms with E-state index in [0.717, 1.165) is 42.9 Å². The molecule has 2 heterocycles. The van der Waals surface area contributed by atoms with Crippen molar-refractivity contribution in [1.29, 1.82) is 0 Å². The third-order valence-electron chi connectivity index (χ3n) is 6.81. The molecule has 1 unspecified atom stereocenters. The van der Waals surface area contributed by atoms with Crippen LogP contribution in [0.25, 0.3) is 0 Å². The zero-order valence-corrected chi connectivity index (χ0v) is 17.9. The number of fused-ring (bicyclic) bond motifs is 1. The maximum absolute atomic E-state index is 13.6. The average molecular weight is 413 g/mol. The van der Waals surface area contributed by atoms with E-state index in [2.05, 4.69) is 52.7 Å². The maximum atomic E-state index is 13.6. The van der Waals surface area contributed by atoms with Gasteiger partial charge >= 0.3 is 0 Å². The Balaban J connectivity index is 1.44. The van der Waals surface area contributed by atoms with Crippen LogP contribution in [0.5, 0.6) is 0 Å². The lowest BCUT2D eigenvalue weighted by Gasteiger charge is -2.34. The van der Waals surface area contributed by atoms with Gasteiger partial charge in [0.05, 0.1) is 6.61 Å². The molecule has 0 aromatic heterocycles. The molecule has 1 N–H and O–H groups in total. The molecule has 4 nitrogen and oxygen atoms in total. The van der Waals surface area contributed by atoms with Crippen LogP contribution in [-0.2, 0) is 28.1 Å². The highest BCUT2D eigenvalue weighted by Gasteiger charge is 2.54. The number of nitrogens with one attached hydrogen (secondary N) is 1. The van der Waals surface area contributed by atoms with Crippen LogP contribution in [-0.4, -0.2) is 31.0 Å². The lowest BCUT2D eigenvalue weighted by atomic mass is 9.66. The summed E-state index contributed by atoms with van der Waals surface area (Å²) in [5, 5.41) is 3.18. The number of amides is 1. The van der Waals surface area contributed by atoms with Gasteiger partial charge in [0, 0.05) is 25.9 Å². The molecule has 0 spiro atoms. The molecule has 1 amide bonds. The second-order valence-electron chi connectivity index (χ2n) is 8.64. The first-order valence-electron chi connectivity index (χ1n) is 11.0. The zero-order valence-electron chi connectivity index (χ0n) is 17.9. The molecule has 0 radical (unpaired) electrons. The van der Waals surface area contributed by atoms with Gasteiger partial charge in [0.15, 0.2) is 0 Å². The summed E-state index contributed by atoms with van der Waals surface area (Å²) in [7, 11) is 1.72. The van der Waals surface area contributed by atoms with Gasteiger partial charge in [-0.1, -0.05) is 72.8 Å². The normalized spacial score (nSPS) is 23.0. The molecule has 5 rings (SSSR count). The van der Waals surface area contributed by atoms with Gasteiger partial charge in [-0.25, -0.2) is 0 Å². The monoisotopic (exact) mass is 412 g/mol. The van der Waals surface area contributed by atoms with Crippen LogP contribution in [0, 0.1) is 5.92 Å². The second-order valence-corrected chi connectivity index (χ2v) is 8.64. The van der Waals surface area contributed by atoms with Crippen molar-refractivity contribution < 1.29 is 9.53 Å². The Morgan fingerprint density at radius 1 is 0.968 bits per heavy atom. The summed E-state index contributed by atoms with van der Waals surface area (Å²) in [6.07, 6.45) is 0.998. The number of anilines is 1. The Morgan fingerprint density at radius 2 is 1.68 bits per heavy atom. The van der Waals surface area contributed by atoms with E-state index in [1.54, 1.807) is 7.11 Å². The lowest BCUT2D eigenvalue weighted by Crippen LogP contribution is -2.44. The number of benzene rings is 3. The second kappa shape index (κ2) is 8.29. The number of para-hydroxylation sites is 1. The van der Waals surface area contributed by atoms with E-state index in [1.807, 2.05) is 36.4 Å². The van der Waals surface area contributed by atoms with Gasteiger partial charge in [-0.3, -0.25) is 9.69 Å². The van der Waals surface area contributed by atoms with Crippen molar-refractivity contribution >= 4 is 11.6 Å². The van der Waals surface area contributed by atoms with Gasteiger partial charge in [-0.2, -0.15) is 0 Å². The van der Waals surface area contributed by atoms with Crippen molar-refractivity contribution in [2.45, 2.75) is 25.0 Å². The first-order valence-corrected chi connectivity index (χ1v) is 11.0. The van der Waals surface area contributed by atoms with Gasteiger partial charge in [0.2, 0.25) is 5.91 Å². The molecule has 1 fully saturated rings. The quantitative estimate of drug-likeness (QED) is 0.644. The van der Waals surface area contributed by atoms with Crippen LogP contribution < -0.4 is 5.32 Å². The maximum Gasteiger partial charge on any atom is 0.239 e. The molecule has 158 valence electrons. The number of carbonyl (C=O) groups is 1. The number of hydrogen-bond acceptors (Lipinski definition) is 3. The number of carbonyl (C=O) groups excluding carboxylic acids is 1. The Bertz CT molecular complexity index is 1060. The largest absolute Gasteiger partial charge is 0.380 e. The highest BCUT2D eigenvalue weighted by atomic mass is 16.5. The summed E-state index contributed by atoms with van der Waals surface area (Å²) >= 11 is 0. The molecule has 4 heteroatoms. The molecule has 31 heavy (non-hydrogen) atoms. The van der Waals surface area contributed by atoms with Crippen LogP contribution in [0.4, 0.5) is 5.69 Å². The summed E-state index contributed by atoms with van der Waals surface area (Å²) in [5.41, 5.74) is 5.01. The molecule has 2 atom stereocenters. The number of rotatable bonds is 6. The molecular weight excluding hydrogens is 384 g/mol. The molecule has 2 aliphatic heterocycles. The molecule has 2 aliphatic rings. The smallest absolute Gasteiger partial charge is 0.239 e. The van der Waals surface area contributed by atoms with Crippen molar-refractivity contribution in [3.05, 3.63) is 101 Å². The number of likely N-dealkylation sites (tertiary alicyclic amines) is 1. The van der Waals surface area contributed by atoms with E-state index < -0.39 is 5.41 Å². The summed E-state index contributed by atoms with van der Waals surface area (Å²) < 4.78 is 5.22. The minimum absolute atomic E-state index is 0.107. The summed E-state index contributed by atoms with van der Waals surface area (Å²) in [4.78, 5) is 16.0. The van der Waals surface area contributed by atoms with E-state index >= 15 is 0 Å². The standard InChI is InChI=1S/C27H28N2O2/c1-31-19-21-13-11-20(12-14-21)17-29-16-15-23(18-29)27(22-7-3-2-4-8-22)24-9-5-6-10-25(24)28-26(27)30/h2-14,23H,15-19H2,1H3,(H,28,30)/t23-,27?/m1/s1. The van der Waals surface area contributed by atoms with Crippen LogP contribution in [0.1, 0.15) is 28.7 Å². The Kier molecular flexibility index (Phi) is 5.34. The van der Waals surface area contributed by atoms with Crippen molar-refractivity contribution in [2.24, 2.45) is 5.92 Å². The molecule has 0 saturated carbocycles. The number of nitrogens with zero attached hydrogens (tertiary/aromatic N) is 1. The van der Waals surface area contributed by atoms with E-state index in [0.29, 0.717) is 6.61 Å². The number of methoxy groups -OCH3 is 1. The summed E-state index contributed by atoms with van der Waals surface area (Å²) in [6.45, 7) is 3.43. The van der Waals surface area contributed by atoms with E-state index in [9.17, 15) is 4.79 Å². The number of hydrogen-bond donors (Lipinski definition) is 1. The van der Waals surface area contributed by atoms with Crippen LogP contribution in [0.2, 0.25) is 0 Å². The molecule has 0 aliphatic carbocycles. The van der Waals surface area contributed by atoms with Crippen molar-refractivity contribution in [2.75, 3.05) is 25.5 Å². The van der Waals surface area contributed by atoms with Crippen molar-refractivity contribution in [3.63, 3.8) is 0 Å². The minimum atomic E-state index is -0.630. The fourth-order valence-corrected chi connectivity index (χ4v) is 5.40. The average Bonchev–Trinajstić information content (AvgIpc) is 3.38. The van der Waals surface area contributed by atoms with Crippen LogP contribution in [0.15, 0.2) is 78.9 Å². The Hall–Kier alpha value is -2.95. The minimum Gasteiger partial charge on any atom is -0.380 e. The first kappa shape index (κ1) is 20.0. The summed E-state index contributed by atoms with van der Waals surface area (Å²) in [6, 6.07) is 27.2. The third kappa shape index (κ3) is 3.46. The third-order valence-corrected chi connectivity index (χ3v) is 6.81. The van der Waals surface area contributed by atoms with Gasteiger partial charge in [-0.15, -0.1) is 0 Å². The van der Waals surface area contributed by atoms with Crippen molar-refractivity contribution in [1.82, 2.24) is 4.90 Å².